The Hall–Kier alpha value is -1.99. The van der Waals surface area contributed by atoms with Gasteiger partial charge in [0.25, 0.3) is 0 Å². The van der Waals surface area contributed by atoms with Crippen molar-refractivity contribution < 1.29 is 19.0 Å². The third kappa shape index (κ3) is 15.7. The molecule has 262 valence electrons. The zero-order valence-corrected chi connectivity index (χ0v) is 30.6. The van der Waals surface area contributed by atoms with E-state index in [4.69, 9.17) is 14.2 Å². The fraction of sp³-hybridized carbons (Fsp3) is 0.658. The Morgan fingerprint density at radius 3 is 1.61 bits per heavy atom. The number of esters is 1. The van der Waals surface area contributed by atoms with Gasteiger partial charge in [0.2, 0.25) is 5.75 Å². The van der Waals surface area contributed by atoms with Crippen LogP contribution in [0.15, 0.2) is 42.5 Å². The molecule has 0 atom stereocenters. The third-order valence-electron chi connectivity index (χ3n) is 8.97. The van der Waals surface area contributed by atoms with Crippen molar-refractivity contribution in [3.05, 3.63) is 53.6 Å². The molecule has 0 unspecified atom stereocenters. The Morgan fingerprint density at radius 2 is 1.11 bits per heavy atom. The van der Waals surface area contributed by atoms with Gasteiger partial charge in [0, 0.05) is 38.3 Å². The number of methoxy groups -OCH3 is 2. The van der Waals surface area contributed by atoms with Gasteiger partial charge in [-0.15, -0.1) is 24.8 Å². The predicted octanol–water partition coefficient (Wildman–Crippen LogP) is 10.1. The van der Waals surface area contributed by atoms with E-state index >= 15 is 0 Å². The van der Waals surface area contributed by atoms with E-state index in [1.165, 1.54) is 109 Å². The monoisotopic (exact) mass is 680 g/mol. The topological polar surface area (TPSA) is 51.2 Å². The molecule has 1 aliphatic rings. The van der Waals surface area contributed by atoms with Crippen molar-refractivity contribution in [1.29, 1.82) is 0 Å². The summed E-state index contributed by atoms with van der Waals surface area (Å²) in [5.41, 5.74) is 1.43. The molecule has 8 heteroatoms. The van der Waals surface area contributed by atoms with Crippen molar-refractivity contribution >= 4 is 30.8 Å². The zero-order chi connectivity index (χ0) is 31.2. The molecule has 0 N–H and O–H groups in total. The van der Waals surface area contributed by atoms with Gasteiger partial charge in [-0.25, -0.2) is 4.79 Å². The molecular formula is C38H62Cl2N2O4. The van der Waals surface area contributed by atoms with Gasteiger partial charge in [-0.2, -0.15) is 0 Å². The van der Waals surface area contributed by atoms with Crippen molar-refractivity contribution in [3.63, 3.8) is 0 Å². The van der Waals surface area contributed by atoms with Gasteiger partial charge in [0.15, 0.2) is 11.5 Å². The summed E-state index contributed by atoms with van der Waals surface area (Å²) in [6, 6.07) is 12.9. The van der Waals surface area contributed by atoms with Crippen LogP contribution in [-0.2, 0) is 6.54 Å². The Bertz CT molecular complexity index is 1050. The summed E-state index contributed by atoms with van der Waals surface area (Å²) in [6.45, 7) is 8.34. The molecular weight excluding hydrogens is 619 g/mol. The predicted molar refractivity (Wildman–Crippen MR) is 197 cm³/mol. The van der Waals surface area contributed by atoms with E-state index in [9.17, 15) is 4.79 Å². The van der Waals surface area contributed by atoms with E-state index in [1.807, 2.05) is 30.3 Å². The lowest BCUT2D eigenvalue weighted by Crippen LogP contribution is -2.46. The lowest BCUT2D eigenvalue weighted by Gasteiger charge is -2.35. The summed E-state index contributed by atoms with van der Waals surface area (Å²) in [5, 5.41) is 0. The molecule has 0 amide bonds. The SMILES string of the molecule is CCCCCCCCCCCCCCCCCCN1CCN(Cc2ccc(OC)c(OC)c2OC(=O)c2ccccc2)CC1.Cl.Cl. The fourth-order valence-corrected chi connectivity index (χ4v) is 6.20. The number of halogens is 2. The van der Waals surface area contributed by atoms with Gasteiger partial charge in [0.05, 0.1) is 19.8 Å². The van der Waals surface area contributed by atoms with Crippen LogP contribution in [-0.4, -0.2) is 62.7 Å². The number of hydrogen-bond donors (Lipinski definition) is 0. The zero-order valence-electron chi connectivity index (χ0n) is 28.9. The van der Waals surface area contributed by atoms with Crippen LogP contribution in [0.4, 0.5) is 0 Å². The highest BCUT2D eigenvalue weighted by atomic mass is 35.5. The summed E-state index contributed by atoms with van der Waals surface area (Å²) >= 11 is 0. The first-order valence-corrected chi connectivity index (χ1v) is 17.6. The minimum atomic E-state index is -0.401. The molecule has 1 aliphatic heterocycles. The standard InChI is InChI=1S/C38H60N2O4.2ClH/c1-4-5-6-7-8-9-10-11-12-13-14-15-16-17-18-22-27-39-28-30-40(31-29-39)32-34-25-26-35(42-2)37(43-3)36(34)44-38(41)33-23-20-19-21-24-33;;/h19-21,23-26H,4-18,22,27-32H2,1-3H3;2*1H. The number of piperazine rings is 1. The second-order valence-corrected chi connectivity index (χ2v) is 12.5. The van der Waals surface area contributed by atoms with Crippen LogP contribution < -0.4 is 14.2 Å². The molecule has 1 fully saturated rings. The second kappa shape index (κ2) is 26.0. The highest BCUT2D eigenvalue weighted by Crippen LogP contribution is 2.41. The summed E-state index contributed by atoms with van der Waals surface area (Å²) in [4.78, 5) is 18.0. The molecule has 3 rings (SSSR count). The molecule has 0 spiro atoms. The molecule has 1 heterocycles. The normalized spacial score (nSPS) is 13.5. The minimum Gasteiger partial charge on any atom is -0.493 e. The van der Waals surface area contributed by atoms with Crippen molar-refractivity contribution in [1.82, 2.24) is 9.80 Å². The second-order valence-electron chi connectivity index (χ2n) is 12.5. The number of rotatable bonds is 23. The van der Waals surface area contributed by atoms with Crippen LogP contribution in [0, 0.1) is 0 Å². The number of benzene rings is 2. The van der Waals surface area contributed by atoms with Gasteiger partial charge in [-0.05, 0) is 31.2 Å². The molecule has 2 aromatic rings. The van der Waals surface area contributed by atoms with Gasteiger partial charge in [-0.3, -0.25) is 4.90 Å². The van der Waals surface area contributed by atoms with E-state index < -0.39 is 5.97 Å². The lowest BCUT2D eigenvalue weighted by atomic mass is 10.0. The first kappa shape index (κ1) is 42.0. The van der Waals surface area contributed by atoms with Crippen molar-refractivity contribution in [2.75, 3.05) is 46.9 Å². The molecule has 46 heavy (non-hydrogen) atoms. The average molecular weight is 682 g/mol. The number of ether oxygens (including phenoxy) is 3. The Labute approximate surface area is 292 Å². The third-order valence-corrected chi connectivity index (χ3v) is 8.97. The summed E-state index contributed by atoms with van der Waals surface area (Å²) < 4.78 is 17.1. The van der Waals surface area contributed by atoms with Gasteiger partial charge >= 0.3 is 5.97 Å². The van der Waals surface area contributed by atoms with Gasteiger partial charge in [0.1, 0.15) is 0 Å². The van der Waals surface area contributed by atoms with Crippen LogP contribution in [0.5, 0.6) is 17.2 Å². The van der Waals surface area contributed by atoms with E-state index in [2.05, 4.69) is 16.7 Å². The van der Waals surface area contributed by atoms with E-state index in [0.717, 1.165) is 31.7 Å². The molecule has 0 bridgehead atoms. The smallest absolute Gasteiger partial charge is 0.343 e. The Morgan fingerprint density at radius 1 is 0.609 bits per heavy atom. The number of hydrogen-bond acceptors (Lipinski definition) is 6. The first-order valence-electron chi connectivity index (χ1n) is 17.6. The van der Waals surface area contributed by atoms with E-state index in [-0.39, 0.29) is 24.8 Å². The lowest BCUT2D eigenvalue weighted by molar-refractivity contribution is 0.0723. The van der Waals surface area contributed by atoms with Crippen molar-refractivity contribution in [2.45, 2.75) is 116 Å². The number of carbonyl (C=O) groups excluding carboxylic acids is 1. The molecule has 0 saturated carbocycles. The number of carbonyl (C=O) groups is 1. The summed E-state index contributed by atoms with van der Waals surface area (Å²) in [6.07, 6.45) is 22.6. The Kier molecular flexibility index (Phi) is 23.8. The maximum atomic E-state index is 12.9. The van der Waals surface area contributed by atoms with Crippen LogP contribution in [0.2, 0.25) is 0 Å². The molecule has 6 nitrogen and oxygen atoms in total. The van der Waals surface area contributed by atoms with Crippen LogP contribution in [0.25, 0.3) is 0 Å². The summed E-state index contributed by atoms with van der Waals surface area (Å²) in [5.74, 6) is 1.05. The maximum absolute atomic E-state index is 12.9. The van der Waals surface area contributed by atoms with Gasteiger partial charge < -0.3 is 19.1 Å². The first-order chi connectivity index (χ1) is 21.7. The van der Waals surface area contributed by atoms with E-state index in [0.29, 0.717) is 29.4 Å². The average Bonchev–Trinajstić information content (AvgIpc) is 3.06. The fourth-order valence-electron chi connectivity index (χ4n) is 6.20. The minimum absolute atomic E-state index is 0. The highest BCUT2D eigenvalue weighted by molar-refractivity contribution is 5.91. The quantitative estimate of drug-likeness (QED) is 0.0661. The van der Waals surface area contributed by atoms with Crippen molar-refractivity contribution in [3.8, 4) is 17.2 Å². The largest absolute Gasteiger partial charge is 0.493 e. The van der Waals surface area contributed by atoms with Crippen LogP contribution in [0.3, 0.4) is 0 Å². The van der Waals surface area contributed by atoms with Crippen molar-refractivity contribution in [2.24, 2.45) is 0 Å². The molecule has 0 aliphatic carbocycles. The molecule has 2 aromatic carbocycles. The van der Waals surface area contributed by atoms with Crippen LogP contribution >= 0.6 is 24.8 Å². The number of nitrogens with zero attached hydrogens (tertiary/aromatic N) is 2. The van der Waals surface area contributed by atoms with E-state index in [1.54, 1.807) is 26.4 Å². The molecule has 0 aromatic heterocycles. The Balaban J connectivity index is 0.00000529. The highest BCUT2D eigenvalue weighted by Gasteiger charge is 2.23. The maximum Gasteiger partial charge on any atom is 0.343 e. The van der Waals surface area contributed by atoms with Crippen LogP contribution in [0.1, 0.15) is 126 Å². The van der Waals surface area contributed by atoms with Gasteiger partial charge in [-0.1, -0.05) is 128 Å². The number of unbranched alkanes of at least 4 members (excludes halogenated alkanes) is 15. The molecule has 1 saturated heterocycles. The molecule has 0 radical (unpaired) electrons. The summed E-state index contributed by atoms with van der Waals surface area (Å²) in [7, 11) is 3.18.